The second-order valence-electron chi connectivity index (χ2n) is 3.88. The van der Waals surface area contributed by atoms with Crippen LogP contribution in [0.4, 0.5) is 0 Å². The van der Waals surface area contributed by atoms with Gasteiger partial charge in [0.25, 0.3) is 0 Å². The van der Waals surface area contributed by atoms with Crippen molar-refractivity contribution >= 4 is 17.4 Å². The minimum absolute atomic E-state index is 0.139. The predicted octanol–water partition coefficient (Wildman–Crippen LogP) is 1.94. The largest absolute Gasteiger partial charge is 0.319 e. The summed E-state index contributed by atoms with van der Waals surface area (Å²) in [6.07, 6.45) is 2.09. The second kappa shape index (κ2) is 3.37. The molecule has 1 aromatic rings. The van der Waals surface area contributed by atoms with Gasteiger partial charge in [-0.15, -0.1) is 0 Å². The molecule has 1 saturated carbocycles. The van der Waals surface area contributed by atoms with Crippen LogP contribution in [0.1, 0.15) is 18.4 Å². The molecule has 1 aliphatic rings. The number of Topliss-reactive ketones (excluding diaryl/α,β-unsaturated/α-hetero) is 1. The Morgan fingerprint density at radius 2 is 1.93 bits per heavy atom. The van der Waals surface area contributed by atoms with Crippen molar-refractivity contribution in [3.63, 3.8) is 0 Å². The van der Waals surface area contributed by atoms with Crippen molar-refractivity contribution in [3.05, 3.63) is 34.9 Å². The van der Waals surface area contributed by atoms with Gasteiger partial charge in [-0.2, -0.15) is 0 Å². The third-order valence-electron chi connectivity index (χ3n) is 2.62. The lowest BCUT2D eigenvalue weighted by molar-refractivity contribution is -0.120. The van der Waals surface area contributed by atoms with Gasteiger partial charge in [0, 0.05) is 11.4 Å². The minimum atomic E-state index is -0.514. The fourth-order valence-corrected chi connectivity index (χ4v) is 1.50. The molecule has 0 radical (unpaired) electrons. The Morgan fingerprint density at radius 1 is 1.36 bits per heavy atom. The summed E-state index contributed by atoms with van der Waals surface area (Å²) in [7, 11) is 0. The molecule has 2 rings (SSSR count). The first-order valence-corrected chi connectivity index (χ1v) is 5.05. The molecule has 0 unspecified atom stereocenters. The van der Waals surface area contributed by atoms with Crippen LogP contribution in [-0.4, -0.2) is 11.3 Å². The molecule has 0 atom stereocenters. The summed E-state index contributed by atoms with van der Waals surface area (Å²) in [6.45, 7) is 0. The summed E-state index contributed by atoms with van der Waals surface area (Å²) < 4.78 is 0. The number of halogens is 1. The van der Waals surface area contributed by atoms with E-state index in [2.05, 4.69) is 0 Å². The van der Waals surface area contributed by atoms with Crippen LogP contribution < -0.4 is 5.73 Å². The Labute approximate surface area is 88.1 Å². The molecule has 0 aromatic heterocycles. The SMILES string of the molecule is NC1(C(=O)Cc2ccc(Cl)cc2)CC1. The van der Waals surface area contributed by atoms with Gasteiger partial charge in [0.15, 0.2) is 5.78 Å². The molecule has 0 spiro atoms. The highest BCUT2D eigenvalue weighted by molar-refractivity contribution is 6.30. The van der Waals surface area contributed by atoms with Crippen LogP contribution >= 0.6 is 11.6 Å². The van der Waals surface area contributed by atoms with Crippen LogP contribution in [0.25, 0.3) is 0 Å². The molecule has 3 heteroatoms. The molecule has 0 heterocycles. The second-order valence-corrected chi connectivity index (χ2v) is 4.32. The van der Waals surface area contributed by atoms with Gasteiger partial charge in [-0.25, -0.2) is 0 Å². The van der Waals surface area contributed by atoms with E-state index < -0.39 is 5.54 Å². The molecule has 74 valence electrons. The smallest absolute Gasteiger partial charge is 0.156 e. The molecule has 0 amide bonds. The highest BCUT2D eigenvalue weighted by Crippen LogP contribution is 2.34. The van der Waals surface area contributed by atoms with E-state index in [0.29, 0.717) is 11.4 Å². The summed E-state index contributed by atoms with van der Waals surface area (Å²) in [5.74, 6) is 0.139. The van der Waals surface area contributed by atoms with E-state index in [1.807, 2.05) is 12.1 Å². The fraction of sp³-hybridized carbons (Fsp3) is 0.364. The summed E-state index contributed by atoms with van der Waals surface area (Å²) in [4.78, 5) is 11.6. The van der Waals surface area contributed by atoms with Gasteiger partial charge < -0.3 is 5.73 Å². The van der Waals surface area contributed by atoms with Gasteiger partial charge in [0.05, 0.1) is 5.54 Å². The Kier molecular flexibility index (Phi) is 2.33. The van der Waals surface area contributed by atoms with E-state index in [0.717, 1.165) is 18.4 Å². The highest BCUT2D eigenvalue weighted by atomic mass is 35.5. The van der Waals surface area contributed by atoms with Gasteiger partial charge in [-0.1, -0.05) is 23.7 Å². The lowest BCUT2D eigenvalue weighted by Crippen LogP contribution is -2.33. The first kappa shape index (κ1) is 9.69. The average Bonchev–Trinajstić information content (AvgIpc) is 2.89. The van der Waals surface area contributed by atoms with E-state index in [-0.39, 0.29) is 5.78 Å². The number of hydrogen-bond acceptors (Lipinski definition) is 2. The molecule has 0 aliphatic heterocycles. The molecule has 0 bridgehead atoms. The molecular weight excluding hydrogens is 198 g/mol. The summed E-state index contributed by atoms with van der Waals surface area (Å²) in [5, 5.41) is 0.690. The maximum atomic E-state index is 11.6. The van der Waals surface area contributed by atoms with Gasteiger partial charge in [0.2, 0.25) is 0 Å². The maximum absolute atomic E-state index is 11.6. The number of rotatable bonds is 3. The van der Waals surface area contributed by atoms with Crippen molar-refractivity contribution in [2.45, 2.75) is 24.8 Å². The molecule has 14 heavy (non-hydrogen) atoms. The lowest BCUT2D eigenvalue weighted by Gasteiger charge is -2.06. The van der Waals surface area contributed by atoms with Crippen LogP contribution in [-0.2, 0) is 11.2 Å². The van der Waals surface area contributed by atoms with Crippen molar-refractivity contribution in [1.29, 1.82) is 0 Å². The topological polar surface area (TPSA) is 43.1 Å². The highest BCUT2D eigenvalue weighted by Gasteiger charge is 2.44. The number of benzene rings is 1. The molecule has 1 aliphatic carbocycles. The summed E-state index contributed by atoms with van der Waals surface area (Å²) >= 11 is 5.74. The zero-order chi connectivity index (χ0) is 10.2. The Morgan fingerprint density at radius 3 is 2.43 bits per heavy atom. The van der Waals surface area contributed by atoms with Crippen LogP contribution in [0, 0.1) is 0 Å². The lowest BCUT2D eigenvalue weighted by atomic mass is 10.0. The van der Waals surface area contributed by atoms with Crippen molar-refractivity contribution in [3.8, 4) is 0 Å². The first-order chi connectivity index (χ1) is 6.60. The van der Waals surface area contributed by atoms with Crippen molar-refractivity contribution in [2.24, 2.45) is 5.73 Å². The molecule has 1 aromatic carbocycles. The van der Waals surface area contributed by atoms with E-state index >= 15 is 0 Å². The van der Waals surface area contributed by atoms with Crippen LogP contribution in [0.15, 0.2) is 24.3 Å². The normalized spacial score (nSPS) is 17.9. The zero-order valence-electron chi connectivity index (χ0n) is 7.79. The average molecular weight is 210 g/mol. The molecule has 1 fully saturated rings. The molecule has 2 N–H and O–H groups in total. The van der Waals surface area contributed by atoms with Crippen LogP contribution in [0.3, 0.4) is 0 Å². The standard InChI is InChI=1S/C11H12ClNO/c12-9-3-1-8(2-4-9)7-10(14)11(13)5-6-11/h1-4H,5-7,13H2. The number of carbonyl (C=O) groups is 1. The maximum Gasteiger partial charge on any atom is 0.156 e. The minimum Gasteiger partial charge on any atom is -0.319 e. The summed E-state index contributed by atoms with van der Waals surface area (Å²) in [6, 6.07) is 7.32. The quantitative estimate of drug-likeness (QED) is 0.827. The van der Waals surface area contributed by atoms with E-state index in [1.54, 1.807) is 12.1 Å². The third-order valence-corrected chi connectivity index (χ3v) is 2.87. The molecule has 0 saturated heterocycles. The Balaban J connectivity index is 2.04. The fourth-order valence-electron chi connectivity index (χ4n) is 1.38. The van der Waals surface area contributed by atoms with E-state index in [1.165, 1.54) is 0 Å². The van der Waals surface area contributed by atoms with Gasteiger partial charge in [0.1, 0.15) is 0 Å². The number of ketones is 1. The first-order valence-electron chi connectivity index (χ1n) is 4.67. The van der Waals surface area contributed by atoms with E-state index in [4.69, 9.17) is 17.3 Å². The molecule has 2 nitrogen and oxygen atoms in total. The monoisotopic (exact) mass is 209 g/mol. The number of nitrogens with two attached hydrogens (primary N) is 1. The third kappa shape index (κ3) is 1.97. The van der Waals surface area contributed by atoms with Gasteiger partial charge >= 0.3 is 0 Å². The predicted molar refractivity (Wildman–Crippen MR) is 56.3 cm³/mol. The van der Waals surface area contributed by atoms with Gasteiger partial charge in [-0.3, -0.25) is 4.79 Å². The number of carbonyl (C=O) groups excluding carboxylic acids is 1. The van der Waals surface area contributed by atoms with E-state index in [9.17, 15) is 4.79 Å². The van der Waals surface area contributed by atoms with Crippen molar-refractivity contribution in [2.75, 3.05) is 0 Å². The van der Waals surface area contributed by atoms with Crippen LogP contribution in [0.5, 0.6) is 0 Å². The van der Waals surface area contributed by atoms with Crippen molar-refractivity contribution in [1.82, 2.24) is 0 Å². The molecular formula is C11H12ClNO. The van der Waals surface area contributed by atoms with Crippen LogP contribution in [0.2, 0.25) is 5.02 Å². The zero-order valence-corrected chi connectivity index (χ0v) is 8.55. The summed E-state index contributed by atoms with van der Waals surface area (Å²) in [5.41, 5.74) is 6.26. The Bertz CT molecular complexity index is 354. The van der Waals surface area contributed by atoms with Crippen molar-refractivity contribution < 1.29 is 4.79 Å². The van der Waals surface area contributed by atoms with Gasteiger partial charge in [-0.05, 0) is 30.5 Å². The number of hydrogen-bond donors (Lipinski definition) is 1. The Hall–Kier alpha value is -0.860.